The zero-order chi connectivity index (χ0) is 26.5. The fourth-order valence-corrected chi connectivity index (χ4v) is 3.30. The van der Waals surface area contributed by atoms with E-state index >= 15 is 0 Å². The summed E-state index contributed by atoms with van der Waals surface area (Å²) in [6.07, 6.45) is -2.87. The molecule has 0 aliphatic rings. The van der Waals surface area contributed by atoms with Gasteiger partial charge in [0, 0.05) is 43.2 Å². The molecule has 2 aromatic heterocycles. The number of benzene rings is 1. The average Bonchev–Trinajstić information content (AvgIpc) is 2.79. The quantitative estimate of drug-likeness (QED) is 0.294. The van der Waals surface area contributed by atoms with Crippen LogP contribution in [0.25, 0.3) is 0 Å². The first-order chi connectivity index (χ1) is 16.9. The van der Waals surface area contributed by atoms with Crippen molar-refractivity contribution in [2.75, 3.05) is 24.6 Å². The second-order valence-corrected chi connectivity index (χ2v) is 8.14. The number of anilines is 2. The molecular weight excluding hydrogens is 479 g/mol. The van der Waals surface area contributed by atoms with Gasteiger partial charge in [0.15, 0.2) is 0 Å². The monoisotopic (exact) mass is 505 g/mol. The van der Waals surface area contributed by atoms with Gasteiger partial charge in [-0.1, -0.05) is 12.1 Å². The number of halogens is 3. The fraction of sp³-hybridized carbons (Fsp3) is 0.348. The number of aliphatic hydroxyl groups is 1. The van der Waals surface area contributed by atoms with E-state index in [9.17, 15) is 23.1 Å². The minimum absolute atomic E-state index is 0.128. The molecule has 0 saturated carbocycles. The van der Waals surface area contributed by atoms with Crippen molar-refractivity contribution >= 4 is 17.6 Å². The summed E-state index contributed by atoms with van der Waals surface area (Å²) in [7, 11) is 1.76. The van der Waals surface area contributed by atoms with Gasteiger partial charge in [0.2, 0.25) is 0 Å². The Balaban J connectivity index is 1.66. The minimum Gasteiger partial charge on any atom is -0.420 e. The number of ether oxygens (including phenoxy) is 1. The van der Waals surface area contributed by atoms with Crippen molar-refractivity contribution in [1.29, 1.82) is 0 Å². The molecule has 36 heavy (non-hydrogen) atoms. The summed E-state index contributed by atoms with van der Waals surface area (Å²) in [6.45, 7) is 4.32. The van der Waals surface area contributed by atoms with Crippen LogP contribution in [-0.4, -0.2) is 55.7 Å². The van der Waals surface area contributed by atoms with Crippen molar-refractivity contribution in [3.05, 3.63) is 65.0 Å². The Hall–Kier alpha value is -3.84. The van der Waals surface area contributed by atoms with E-state index in [1.165, 1.54) is 24.3 Å². The van der Waals surface area contributed by atoms with Crippen LogP contribution in [0, 0.1) is 13.8 Å². The number of aliphatic hydroxyl groups excluding tert-OH is 1. The lowest BCUT2D eigenvalue weighted by molar-refractivity contribution is -0.189. The van der Waals surface area contributed by atoms with E-state index in [1.807, 2.05) is 0 Å². The van der Waals surface area contributed by atoms with Gasteiger partial charge in [0.05, 0.1) is 6.10 Å². The number of nitrogens with one attached hydrogen (secondary N) is 1. The number of carbonyl (C=O) groups is 1. The van der Waals surface area contributed by atoms with Gasteiger partial charge >= 0.3 is 12.1 Å². The number of carbonyl (C=O) groups excluding carboxylic acids is 1. The maximum Gasteiger partial charge on any atom is 0.491 e. The Morgan fingerprint density at radius 1 is 1.17 bits per heavy atom. The Bertz CT molecular complexity index is 1220. The van der Waals surface area contributed by atoms with Crippen LogP contribution in [0.15, 0.2) is 36.7 Å². The van der Waals surface area contributed by atoms with E-state index < -0.39 is 18.2 Å². The van der Waals surface area contributed by atoms with Crippen molar-refractivity contribution < 1.29 is 27.8 Å². The first-order valence-corrected chi connectivity index (χ1v) is 10.8. The van der Waals surface area contributed by atoms with Crippen molar-refractivity contribution in [2.45, 2.75) is 39.2 Å². The molecule has 0 spiro atoms. The molecule has 1 unspecified atom stereocenters. The van der Waals surface area contributed by atoms with Crippen LogP contribution in [0.3, 0.4) is 0 Å². The standard InChI is InChI=1S/C23H26F3N7O3/c1-13-28-8-16(20(27)31-13)9-30-21-17(10-29-14(2)32-21)11-33(3)12-19(34)15-5-4-6-18(7-15)36-22(35)23(24,25)26/h4-8,10,19,34H,9,11-12H2,1-3H3,(H2,27,28,31)(H,29,30,32). The molecule has 0 radical (unpaired) electrons. The number of nitrogens with two attached hydrogens (primary N) is 1. The predicted octanol–water partition coefficient (Wildman–Crippen LogP) is 2.71. The number of alkyl halides is 3. The number of rotatable bonds is 9. The van der Waals surface area contributed by atoms with E-state index in [-0.39, 0.29) is 12.3 Å². The SMILES string of the molecule is Cc1ncc(CNc2nc(C)ncc2CN(C)CC(O)c2cccc(OC(=O)C(F)(F)F)c2)c(N)n1. The molecule has 10 nitrogen and oxygen atoms in total. The van der Waals surface area contributed by atoms with Gasteiger partial charge in [0.1, 0.15) is 29.0 Å². The van der Waals surface area contributed by atoms with Gasteiger partial charge in [-0.25, -0.2) is 24.7 Å². The number of esters is 1. The largest absolute Gasteiger partial charge is 0.491 e. The van der Waals surface area contributed by atoms with Gasteiger partial charge in [-0.3, -0.25) is 4.90 Å². The third-order valence-corrected chi connectivity index (χ3v) is 5.06. The van der Waals surface area contributed by atoms with E-state index in [1.54, 1.807) is 38.2 Å². The van der Waals surface area contributed by atoms with E-state index in [2.05, 4.69) is 30.0 Å². The Morgan fingerprint density at radius 2 is 1.83 bits per heavy atom. The Labute approximate surface area is 205 Å². The average molecular weight is 506 g/mol. The molecule has 3 aromatic rings. The third kappa shape index (κ3) is 7.33. The molecule has 0 aliphatic heterocycles. The highest BCUT2D eigenvalue weighted by Crippen LogP contribution is 2.24. The van der Waals surface area contributed by atoms with Gasteiger partial charge in [-0.05, 0) is 38.6 Å². The van der Waals surface area contributed by atoms with Crippen LogP contribution in [0.5, 0.6) is 5.75 Å². The Kier molecular flexibility index (Phi) is 8.37. The van der Waals surface area contributed by atoms with Crippen molar-refractivity contribution in [3.63, 3.8) is 0 Å². The molecule has 1 aromatic carbocycles. The first-order valence-electron chi connectivity index (χ1n) is 10.8. The molecule has 2 heterocycles. The normalized spacial score (nSPS) is 12.4. The lowest BCUT2D eigenvalue weighted by atomic mass is 10.1. The number of aryl methyl sites for hydroxylation is 2. The van der Waals surface area contributed by atoms with Gasteiger partial charge in [0.25, 0.3) is 0 Å². The number of hydrogen-bond acceptors (Lipinski definition) is 10. The molecule has 13 heteroatoms. The summed E-state index contributed by atoms with van der Waals surface area (Å²) < 4.78 is 41.7. The summed E-state index contributed by atoms with van der Waals surface area (Å²) >= 11 is 0. The minimum atomic E-state index is -5.12. The highest BCUT2D eigenvalue weighted by Gasteiger charge is 2.41. The molecule has 3 rings (SSSR count). The first kappa shape index (κ1) is 26.8. The van der Waals surface area contributed by atoms with Crippen molar-refractivity contribution in [3.8, 4) is 5.75 Å². The van der Waals surface area contributed by atoms with E-state index in [4.69, 9.17) is 5.73 Å². The number of nitrogens with zero attached hydrogens (tertiary/aromatic N) is 5. The van der Waals surface area contributed by atoms with Gasteiger partial charge < -0.3 is 20.9 Å². The maximum absolute atomic E-state index is 12.5. The molecule has 0 saturated heterocycles. The number of likely N-dealkylation sites (N-methyl/N-ethyl adjacent to an activating group) is 1. The maximum atomic E-state index is 12.5. The molecule has 0 aliphatic carbocycles. The van der Waals surface area contributed by atoms with Crippen LogP contribution in [0.2, 0.25) is 0 Å². The van der Waals surface area contributed by atoms with Crippen LogP contribution in [-0.2, 0) is 17.9 Å². The smallest absolute Gasteiger partial charge is 0.420 e. The molecule has 0 bridgehead atoms. The second-order valence-electron chi connectivity index (χ2n) is 8.14. The summed E-state index contributed by atoms with van der Waals surface area (Å²) in [4.78, 5) is 29.9. The number of hydrogen-bond donors (Lipinski definition) is 3. The van der Waals surface area contributed by atoms with Crippen LogP contribution in [0.4, 0.5) is 24.8 Å². The third-order valence-electron chi connectivity index (χ3n) is 5.06. The Morgan fingerprint density at radius 3 is 2.50 bits per heavy atom. The van der Waals surface area contributed by atoms with E-state index in [0.29, 0.717) is 47.5 Å². The number of nitrogen functional groups attached to an aromatic ring is 1. The van der Waals surface area contributed by atoms with Crippen LogP contribution in [0.1, 0.15) is 34.4 Å². The highest BCUT2D eigenvalue weighted by atomic mass is 19.4. The van der Waals surface area contributed by atoms with Crippen molar-refractivity contribution in [2.24, 2.45) is 0 Å². The van der Waals surface area contributed by atoms with Gasteiger partial charge in [-0.2, -0.15) is 13.2 Å². The molecule has 192 valence electrons. The molecule has 4 N–H and O–H groups in total. The van der Waals surface area contributed by atoms with E-state index in [0.717, 1.165) is 5.56 Å². The second kappa shape index (κ2) is 11.3. The molecule has 0 fully saturated rings. The summed E-state index contributed by atoms with van der Waals surface area (Å²) in [5, 5.41) is 13.8. The predicted molar refractivity (Wildman–Crippen MR) is 125 cm³/mol. The number of aromatic nitrogens is 4. The topological polar surface area (TPSA) is 139 Å². The van der Waals surface area contributed by atoms with Crippen LogP contribution >= 0.6 is 0 Å². The fourth-order valence-electron chi connectivity index (χ4n) is 3.30. The molecule has 0 amide bonds. The lowest BCUT2D eigenvalue weighted by Gasteiger charge is -2.22. The summed E-state index contributed by atoms with van der Waals surface area (Å²) in [6, 6.07) is 5.32. The molecule has 1 atom stereocenters. The van der Waals surface area contributed by atoms with Crippen molar-refractivity contribution in [1.82, 2.24) is 24.8 Å². The highest BCUT2D eigenvalue weighted by molar-refractivity contribution is 5.78. The van der Waals surface area contributed by atoms with Crippen LogP contribution < -0.4 is 15.8 Å². The summed E-state index contributed by atoms with van der Waals surface area (Å²) in [5.41, 5.74) is 7.71. The van der Waals surface area contributed by atoms with Gasteiger partial charge in [-0.15, -0.1) is 0 Å². The lowest BCUT2D eigenvalue weighted by Crippen LogP contribution is -2.28. The zero-order valence-corrected chi connectivity index (χ0v) is 19.9. The summed E-state index contributed by atoms with van der Waals surface area (Å²) in [5.74, 6) is -0.573. The zero-order valence-electron chi connectivity index (χ0n) is 19.9. The molecular formula is C23H26F3N7O3.